The molecule has 1 atom stereocenters. The van der Waals surface area contributed by atoms with Crippen LogP contribution in [0.25, 0.3) is 5.76 Å². The Morgan fingerprint density at radius 1 is 1.11 bits per heavy atom. The molecular weight excluding hydrogens is 250 g/mol. The molecule has 0 aromatic heterocycles. The zero-order chi connectivity index (χ0) is 12.4. The summed E-state index contributed by atoms with van der Waals surface area (Å²) in [5.74, 6) is 0.961. The van der Waals surface area contributed by atoms with Crippen LogP contribution in [-0.4, -0.2) is 37.4 Å². The Balaban J connectivity index is 1.65. The maximum Gasteiger partial charge on any atom is 0.156 e. The first kappa shape index (κ1) is 12.0. The van der Waals surface area contributed by atoms with Crippen molar-refractivity contribution in [3.8, 4) is 0 Å². The van der Waals surface area contributed by atoms with Gasteiger partial charge in [-0.2, -0.15) is 0 Å². The summed E-state index contributed by atoms with van der Waals surface area (Å²) in [5, 5.41) is 0.752. The van der Waals surface area contributed by atoms with Crippen molar-refractivity contribution in [2.24, 2.45) is 0 Å². The highest BCUT2D eigenvalue weighted by atomic mass is 35.5. The van der Waals surface area contributed by atoms with E-state index in [1.807, 2.05) is 24.3 Å². The van der Waals surface area contributed by atoms with Gasteiger partial charge in [0, 0.05) is 30.1 Å². The molecule has 0 bridgehead atoms. The number of hydrogen-bond acceptors (Lipinski definition) is 3. The molecule has 0 amide bonds. The first-order chi connectivity index (χ1) is 8.83. The van der Waals surface area contributed by atoms with Crippen LogP contribution in [0.4, 0.5) is 0 Å². The van der Waals surface area contributed by atoms with Crippen molar-refractivity contribution in [1.29, 1.82) is 0 Å². The van der Waals surface area contributed by atoms with Gasteiger partial charge in [0.25, 0.3) is 0 Å². The van der Waals surface area contributed by atoms with Gasteiger partial charge >= 0.3 is 0 Å². The summed E-state index contributed by atoms with van der Waals surface area (Å²) in [6, 6.07) is 7.78. The molecule has 0 aliphatic carbocycles. The molecule has 1 unspecified atom stereocenters. The van der Waals surface area contributed by atoms with E-state index in [-0.39, 0.29) is 6.23 Å². The molecule has 4 heteroatoms. The summed E-state index contributed by atoms with van der Waals surface area (Å²) < 4.78 is 11.4. The summed E-state index contributed by atoms with van der Waals surface area (Å²) in [6.45, 7) is 3.51. The largest absolute Gasteiger partial charge is 0.474 e. The lowest BCUT2D eigenvalue weighted by atomic mass is 10.2. The quantitative estimate of drug-likeness (QED) is 0.821. The Bertz CT molecular complexity index is 438. The molecule has 1 fully saturated rings. The Morgan fingerprint density at radius 3 is 2.56 bits per heavy atom. The average Bonchev–Trinajstić information content (AvgIpc) is 2.90. The van der Waals surface area contributed by atoms with Crippen LogP contribution < -0.4 is 0 Å². The Kier molecular flexibility index (Phi) is 3.55. The Hall–Kier alpha value is -1.03. The van der Waals surface area contributed by atoms with Crippen LogP contribution in [0.2, 0.25) is 5.02 Å². The van der Waals surface area contributed by atoms with E-state index in [4.69, 9.17) is 21.1 Å². The van der Waals surface area contributed by atoms with E-state index in [9.17, 15) is 0 Å². The minimum absolute atomic E-state index is 0.166. The number of morpholine rings is 1. The number of halogens is 1. The number of nitrogens with zero attached hydrogens (tertiary/aromatic N) is 1. The van der Waals surface area contributed by atoms with Crippen molar-refractivity contribution in [2.45, 2.75) is 12.6 Å². The minimum Gasteiger partial charge on any atom is -0.474 e. The van der Waals surface area contributed by atoms with Crippen molar-refractivity contribution in [3.05, 3.63) is 40.9 Å². The maximum atomic E-state index is 6.02. The van der Waals surface area contributed by atoms with Crippen LogP contribution in [0, 0.1) is 0 Å². The third-order valence-electron chi connectivity index (χ3n) is 3.35. The van der Waals surface area contributed by atoms with Gasteiger partial charge in [-0.05, 0) is 30.3 Å². The van der Waals surface area contributed by atoms with E-state index >= 15 is 0 Å². The Morgan fingerprint density at radius 2 is 1.83 bits per heavy atom. The highest BCUT2D eigenvalue weighted by molar-refractivity contribution is 6.30. The lowest BCUT2D eigenvalue weighted by Crippen LogP contribution is -2.43. The first-order valence-electron chi connectivity index (χ1n) is 6.27. The second-order valence-corrected chi connectivity index (χ2v) is 4.97. The van der Waals surface area contributed by atoms with Gasteiger partial charge in [0.05, 0.1) is 13.2 Å². The van der Waals surface area contributed by atoms with Gasteiger partial charge in [0.2, 0.25) is 0 Å². The van der Waals surface area contributed by atoms with Crippen LogP contribution in [0.1, 0.15) is 12.0 Å². The average molecular weight is 266 g/mol. The lowest BCUT2D eigenvalue weighted by Gasteiger charge is -2.31. The van der Waals surface area contributed by atoms with Crippen LogP contribution in [0.5, 0.6) is 0 Å². The summed E-state index contributed by atoms with van der Waals surface area (Å²) >= 11 is 5.89. The molecule has 1 aromatic rings. The molecule has 3 rings (SSSR count). The summed E-state index contributed by atoms with van der Waals surface area (Å²) in [4.78, 5) is 2.34. The van der Waals surface area contributed by atoms with E-state index in [1.165, 1.54) is 0 Å². The first-order valence-corrected chi connectivity index (χ1v) is 6.65. The third-order valence-corrected chi connectivity index (χ3v) is 3.60. The van der Waals surface area contributed by atoms with Crippen molar-refractivity contribution >= 4 is 17.4 Å². The second-order valence-electron chi connectivity index (χ2n) is 4.53. The predicted molar refractivity (Wildman–Crippen MR) is 71.3 cm³/mol. The molecular formula is C14H16ClNO2. The zero-order valence-electron chi connectivity index (χ0n) is 10.1. The maximum absolute atomic E-state index is 6.02. The molecule has 0 spiro atoms. The molecule has 96 valence electrons. The fourth-order valence-electron chi connectivity index (χ4n) is 2.34. The monoisotopic (exact) mass is 265 g/mol. The Labute approximate surface area is 112 Å². The predicted octanol–water partition coefficient (Wildman–Crippen LogP) is 2.76. The summed E-state index contributed by atoms with van der Waals surface area (Å²) in [5.41, 5.74) is 1.09. The van der Waals surface area contributed by atoms with Gasteiger partial charge in [0.15, 0.2) is 6.23 Å². The fourth-order valence-corrected chi connectivity index (χ4v) is 2.47. The standard InChI is InChI=1S/C14H16ClNO2/c15-12-3-1-11(2-4-12)13-5-6-14(18-13)16-7-9-17-10-8-16/h1-5,14H,6-10H2. The van der Waals surface area contributed by atoms with Gasteiger partial charge in [-0.3, -0.25) is 4.90 Å². The van der Waals surface area contributed by atoms with Crippen LogP contribution >= 0.6 is 11.6 Å². The normalized spacial score (nSPS) is 24.7. The van der Waals surface area contributed by atoms with E-state index in [1.54, 1.807) is 0 Å². The zero-order valence-corrected chi connectivity index (χ0v) is 10.9. The van der Waals surface area contributed by atoms with E-state index in [0.717, 1.165) is 49.1 Å². The molecule has 1 aromatic carbocycles. The van der Waals surface area contributed by atoms with Crippen molar-refractivity contribution < 1.29 is 9.47 Å². The van der Waals surface area contributed by atoms with Gasteiger partial charge < -0.3 is 9.47 Å². The van der Waals surface area contributed by atoms with Crippen LogP contribution in [0.3, 0.4) is 0 Å². The highest BCUT2D eigenvalue weighted by Gasteiger charge is 2.26. The molecule has 2 aliphatic rings. The second kappa shape index (κ2) is 5.31. The van der Waals surface area contributed by atoms with Crippen molar-refractivity contribution in [1.82, 2.24) is 4.90 Å². The topological polar surface area (TPSA) is 21.7 Å². The number of benzene rings is 1. The molecule has 0 saturated carbocycles. The minimum atomic E-state index is 0.166. The molecule has 3 nitrogen and oxygen atoms in total. The smallest absolute Gasteiger partial charge is 0.156 e. The molecule has 0 radical (unpaired) electrons. The van der Waals surface area contributed by atoms with E-state index in [0.29, 0.717) is 0 Å². The van der Waals surface area contributed by atoms with Gasteiger partial charge in [0.1, 0.15) is 5.76 Å². The van der Waals surface area contributed by atoms with Gasteiger partial charge in [-0.25, -0.2) is 0 Å². The van der Waals surface area contributed by atoms with Gasteiger partial charge in [-0.1, -0.05) is 11.6 Å². The number of ether oxygens (including phenoxy) is 2. The molecule has 2 heterocycles. The van der Waals surface area contributed by atoms with Crippen LogP contribution in [0.15, 0.2) is 30.3 Å². The number of rotatable bonds is 2. The molecule has 1 saturated heterocycles. The van der Waals surface area contributed by atoms with E-state index < -0.39 is 0 Å². The lowest BCUT2D eigenvalue weighted by molar-refractivity contribution is -0.0483. The SMILES string of the molecule is Clc1ccc(C2=CCC(N3CCOCC3)O2)cc1. The molecule has 0 N–H and O–H groups in total. The fraction of sp³-hybridized carbons (Fsp3) is 0.429. The summed E-state index contributed by atoms with van der Waals surface area (Å²) in [6.07, 6.45) is 3.26. The third kappa shape index (κ3) is 2.53. The summed E-state index contributed by atoms with van der Waals surface area (Å²) in [7, 11) is 0. The van der Waals surface area contributed by atoms with E-state index in [2.05, 4.69) is 11.0 Å². The van der Waals surface area contributed by atoms with Crippen molar-refractivity contribution in [2.75, 3.05) is 26.3 Å². The molecule has 2 aliphatic heterocycles. The van der Waals surface area contributed by atoms with Crippen molar-refractivity contribution in [3.63, 3.8) is 0 Å². The number of hydrogen-bond donors (Lipinski definition) is 0. The highest BCUT2D eigenvalue weighted by Crippen LogP contribution is 2.29. The van der Waals surface area contributed by atoms with Crippen LogP contribution in [-0.2, 0) is 9.47 Å². The van der Waals surface area contributed by atoms with Gasteiger partial charge in [-0.15, -0.1) is 0 Å². The molecule has 18 heavy (non-hydrogen) atoms.